The third-order valence-corrected chi connectivity index (χ3v) is 6.90. The molecule has 170 valence electrons. The Labute approximate surface area is 195 Å². The van der Waals surface area contributed by atoms with Gasteiger partial charge in [-0.1, -0.05) is 55.8 Å². The molecule has 1 saturated heterocycles. The molecule has 0 atom stereocenters. The lowest BCUT2D eigenvalue weighted by Gasteiger charge is -2.35. The number of carbonyl (C=O) groups is 1. The molecule has 1 amide bonds. The Balaban J connectivity index is 1.95. The van der Waals surface area contributed by atoms with Gasteiger partial charge >= 0.3 is 0 Å². The SMILES string of the molecule is CCCc1c2c(c(-c3ccccc3OC)c(N3CCNCC3)c1C(N)=O)-c1ccccc1C2. The van der Waals surface area contributed by atoms with Crippen molar-refractivity contribution in [2.24, 2.45) is 5.73 Å². The molecule has 0 saturated carbocycles. The number of hydrogen-bond acceptors (Lipinski definition) is 4. The summed E-state index contributed by atoms with van der Waals surface area (Å²) in [5, 5.41) is 3.44. The second kappa shape index (κ2) is 8.91. The third kappa shape index (κ3) is 3.57. The average molecular weight is 442 g/mol. The van der Waals surface area contributed by atoms with Crippen molar-refractivity contribution in [1.82, 2.24) is 5.32 Å². The Morgan fingerprint density at radius 1 is 1.03 bits per heavy atom. The number of nitrogens with two attached hydrogens (primary N) is 1. The van der Waals surface area contributed by atoms with Crippen LogP contribution in [0.2, 0.25) is 0 Å². The molecule has 0 unspecified atom stereocenters. The molecule has 0 bridgehead atoms. The highest BCUT2D eigenvalue weighted by molar-refractivity contribution is 6.10. The number of ether oxygens (including phenoxy) is 1. The first-order valence-corrected chi connectivity index (χ1v) is 11.8. The van der Waals surface area contributed by atoms with Crippen LogP contribution < -0.4 is 20.7 Å². The molecule has 1 heterocycles. The fourth-order valence-electron chi connectivity index (χ4n) is 5.55. The first kappa shape index (κ1) is 21.5. The lowest BCUT2D eigenvalue weighted by Crippen LogP contribution is -2.44. The van der Waals surface area contributed by atoms with Gasteiger partial charge in [0.2, 0.25) is 0 Å². The normalized spacial score (nSPS) is 14.7. The molecule has 2 aliphatic rings. The van der Waals surface area contributed by atoms with Crippen molar-refractivity contribution in [2.75, 3.05) is 38.2 Å². The van der Waals surface area contributed by atoms with Crippen molar-refractivity contribution in [3.63, 3.8) is 0 Å². The number of nitrogens with zero attached hydrogens (tertiary/aromatic N) is 1. The Morgan fingerprint density at radius 3 is 2.42 bits per heavy atom. The number of benzene rings is 3. The summed E-state index contributed by atoms with van der Waals surface area (Å²) in [6, 6.07) is 16.7. The lowest BCUT2D eigenvalue weighted by molar-refractivity contribution is 0.0999. The van der Waals surface area contributed by atoms with Crippen molar-refractivity contribution in [1.29, 1.82) is 0 Å². The molecule has 5 rings (SSSR count). The summed E-state index contributed by atoms with van der Waals surface area (Å²) in [6.45, 7) is 5.57. The van der Waals surface area contributed by atoms with Gasteiger partial charge in [-0.25, -0.2) is 0 Å². The molecule has 3 N–H and O–H groups in total. The van der Waals surface area contributed by atoms with Crippen LogP contribution in [0.15, 0.2) is 48.5 Å². The first-order valence-electron chi connectivity index (χ1n) is 11.8. The number of carbonyl (C=O) groups excluding carboxylic acids is 1. The summed E-state index contributed by atoms with van der Waals surface area (Å²) in [5.74, 6) is 0.459. The Kier molecular flexibility index (Phi) is 5.81. The minimum Gasteiger partial charge on any atom is -0.496 e. The highest BCUT2D eigenvalue weighted by atomic mass is 16.5. The molecular weight excluding hydrogens is 410 g/mol. The van der Waals surface area contributed by atoms with Crippen LogP contribution >= 0.6 is 0 Å². The number of nitrogens with one attached hydrogen (secondary N) is 1. The molecule has 1 aliphatic carbocycles. The van der Waals surface area contributed by atoms with Crippen LogP contribution in [0, 0.1) is 0 Å². The first-order chi connectivity index (χ1) is 16.2. The summed E-state index contributed by atoms with van der Waals surface area (Å²) in [7, 11) is 1.71. The molecule has 5 heteroatoms. The zero-order valence-corrected chi connectivity index (χ0v) is 19.4. The number of methoxy groups -OCH3 is 1. The van der Waals surface area contributed by atoms with E-state index in [1.54, 1.807) is 7.11 Å². The van der Waals surface area contributed by atoms with Crippen LogP contribution in [0.5, 0.6) is 5.75 Å². The Hall–Kier alpha value is -3.31. The van der Waals surface area contributed by atoms with E-state index < -0.39 is 0 Å². The van der Waals surface area contributed by atoms with Gasteiger partial charge in [-0.2, -0.15) is 0 Å². The van der Waals surface area contributed by atoms with Gasteiger partial charge in [0.15, 0.2) is 0 Å². The second-order valence-corrected chi connectivity index (χ2v) is 8.82. The van der Waals surface area contributed by atoms with E-state index in [1.807, 2.05) is 18.2 Å². The molecule has 1 fully saturated rings. The number of rotatable bonds is 6. The van der Waals surface area contributed by atoms with Crippen LogP contribution in [-0.2, 0) is 12.8 Å². The minimum atomic E-state index is -0.345. The molecule has 0 radical (unpaired) electrons. The fourth-order valence-corrected chi connectivity index (χ4v) is 5.55. The molecular formula is C28H31N3O2. The van der Waals surface area contributed by atoms with Gasteiger partial charge in [-0.15, -0.1) is 0 Å². The summed E-state index contributed by atoms with van der Waals surface area (Å²) < 4.78 is 5.82. The van der Waals surface area contributed by atoms with Gasteiger partial charge in [-0.3, -0.25) is 4.79 Å². The number of hydrogen-bond donors (Lipinski definition) is 2. The monoisotopic (exact) mass is 441 g/mol. The van der Waals surface area contributed by atoms with E-state index in [0.29, 0.717) is 5.56 Å². The van der Waals surface area contributed by atoms with Crippen LogP contribution in [0.4, 0.5) is 5.69 Å². The van der Waals surface area contributed by atoms with Crippen molar-refractivity contribution >= 4 is 11.6 Å². The predicted molar refractivity (Wildman–Crippen MR) is 134 cm³/mol. The molecule has 3 aromatic carbocycles. The number of primary amides is 1. The molecule has 5 nitrogen and oxygen atoms in total. The third-order valence-electron chi connectivity index (χ3n) is 6.90. The largest absolute Gasteiger partial charge is 0.496 e. The number of amides is 1. The maximum absolute atomic E-state index is 13.1. The van der Waals surface area contributed by atoms with Crippen molar-refractivity contribution in [2.45, 2.75) is 26.2 Å². The average Bonchev–Trinajstić information content (AvgIpc) is 3.24. The molecule has 33 heavy (non-hydrogen) atoms. The van der Waals surface area contributed by atoms with E-state index in [0.717, 1.165) is 73.6 Å². The zero-order valence-electron chi connectivity index (χ0n) is 19.4. The van der Waals surface area contributed by atoms with Crippen molar-refractivity contribution in [3.05, 3.63) is 70.8 Å². The molecule has 3 aromatic rings. The number of anilines is 1. The van der Waals surface area contributed by atoms with Crippen LogP contribution in [0.25, 0.3) is 22.3 Å². The molecule has 0 aromatic heterocycles. The van der Waals surface area contributed by atoms with Gasteiger partial charge in [0, 0.05) is 37.3 Å². The van der Waals surface area contributed by atoms with Gasteiger partial charge < -0.3 is 20.7 Å². The fraction of sp³-hybridized carbons (Fsp3) is 0.321. The maximum atomic E-state index is 13.1. The predicted octanol–water partition coefficient (Wildman–Crippen LogP) is 4.39. The van der Waals surface area contributed by atoms with Gasteiger partial charge in [-0.05, 0) is 46.7 Å². The summed E-state index contributed by atoms with van der Waals surface area (Å²) in [5.41, 5.74) is 16.0. The van der Waals surface area contributed by atoms with Crippen LogP contribution in [0.3, 0.4) is 0 Å². The molecule has 0 spiro atoms. The van der Waals surface area contributed by atoms with Gasteiger partial charge in [0.25, 0.3) is 5.91 Å². The van der Waals surface area contributed by atoms with E-state index in [9.17, 15) is 4.79 Å². The van der Waals surface area contributed by atoms with Crippen molar-refractivity contribution < 1.29 is 9.53 Å². The van der Waals surface area contributed by atoms with Gasteiger partial charge in [0.05, 0.1) is 18.4 Å². The standard InChI is InChI=1S/C28H31N3O2/c1-3-8-20-22-17-18-9-4-5-10-19(18)24(22)25(21-11-6-7-12-23(21)33-2)27(26(20)28(29)32)31-15-13-30-14-16-31/h4-7,9-12,30H,3,8,13-17H2,1-2H3,(H2,29,32). The van der Waals surface area contributed by atoms with Crippen LogP contribution in [-0.4, -0.2) is 39.2 Å². The smallest absolute Gasteiger partial charge is 0.251 e. The second-order valence-electron chi connectivity index (χ2n) is 8.82. The van der Waals surface area contributed by atoms with Crippen LogP contribution in [0.1, 0.15) is 40.4 Å². The van der Waals surface area contributed by atoms with E-state index in [-0.39, 0.29) is 5.91 Å². The quantitative estimate of drug-likeness (QED) is 0.466. The lowest BCUT2D eigenvalue weighted by atomic mass is 9.83. The Morgan fingerprint density at radius 2 is 1.73 bits per heavy atom. The van der Waals surface area contributed by atoms with E-state index >= 15 is 0 Å². The topological polar surface area (TPSA) is 67.6 Å². The number of piperazine rings is 1. The summed E-state index contributed by atoms with van der Waals surface area (Å²) in [4.78, 5) is 15.5. The molecule has 1 aliphatic heterocycles. The highest BCUT2D eigenvalue weighted by Gasteiger charge is 2.34. The zero-order chi connectivity index (χ0) is 22.9. The minimum absolute atomic E-state index is 0.345. The van der Waals surface area contributed by atoms with Gasteiger partial charge in [0.1, 0.15) is 5.75 Å². The number of para-hydroxylation sites is 1. The summed E-state index contributed by atoms with van der Waals surface area (Å²) in [6.07, 6.45) is 2.61. The summed E-state index contributed by atoms with van der Waals surface area (Å²) >= 11 is 0. The highest BCUT2D eigenvalue weighted by Crippen LogP contribution is 2.52. The van der Waals surface area contributed by atoms with E-state index in [1.165, 1.54) is 22.3 Å². The number of fused-ring (bicyclic) bond motifs is 3. The van der Waals surface area contributed by atoms with Crippen molar-refractivity contribution in [3.8, 4) is 28.0 Å². The van der Waals surface area contributed by atoms with E-state index in [2.05, 4.69) is 47.5 Å². The Bertz CT molecular complexity index is 1210. The van der Waals surface area contributed by atoms with E-state index in [4.69, 9.17) is 10.5 Å². The maximum Gasteiger partial charge on any atom is 0.251 e.